The molecular weight excluding hydrogens is 412 g/mol. The quantitative estimate of drug-likeness (QED) is 0.466. The topological polar surface area (TPSA) is 15.3 Å². The Labute approximate surface area is 204 Å². The van der Waals surface area contributed by atoms with Gasteiger partial charge in [0.2, 0.25) is 0 Å². The highest BCUT2D eigenvalue weighted by atomic mass is 15.2. The second-order valence-electron chi connectivity index (χ2n) is 10.6. The van der Waals surface area contributed by atoms with Crippen LogP contribution in [0.5, 0.6) is 0 Å². The van der Waals surface area contributed by atoms with E-state index in [-0.39, 0.29) is 0 Å². The van der Waals surface area contributed by atoms with Crippen molar-refractivity contribution in [2.45, 2.75) is 44.9 Å². The molecule has 0 aromatic heterocycles. The van der Waals surface area contributed by atoms with E-state index in [0.717, 1.165) is 12.8 Å². The Balaban J connectivity index is 1.35. The molecule has 6 rings (SSSR count). The summed E-state index contributed by atoms with van der Waals surface area (Å²) in [5.41, 5.74) is 10.4. The summed E-state index contributed by atoms with van der Waals surface area (Å²) in [5.74, 6) is 0. The largest absolute Gasteiger partial charge is 0.371 e. The minimum atomic E-state index is 0.519. The number of fused-ring (bicyclic) bond motifs is 1. The summed E-state index contributed by atoms with van der Waals surface area (Å²) in [6.45, 7) is 4.79. The Morgan fingerprint density at radius 2 is 1.50 bits per heavy atom. The molecule has 2 heterocycles. The van der Waals surface area contributed by atoms with Crippen LogP contribution in [0, 0.1) is 5.41 Å². The first-order valence-electron chi connectivity index (χ1n) is 13.2. The lowest BCUT2D eigenvalue weighted by Gasteiger charge is -2.28. The van der Waals surface area contributed by atoms with Crippen LogP contribution in [0.25, 0.3) is 11.1 Å². The second kappa shape index (κ2) is 9.43. The van der Waals surface area contributed by atoms with E-state index in [2.05, 4.69) is 89.1 Å². The van der Waals surface area contributed by atoms with Gasteiger partial charge in [-0.25, -0.2) is 0 Å². The molecule has 3 aliphatic rings. The van der Waals surface area contributed by atoms with E-state index in [1.807, 2.05) is 0 Å². The van der Waals surface area contributed by atoms with E-state index in [1.165, 1.54) is 97.4 Å². The summed E-state index contributed by atoms with van der Waals surface area (Å²) < 4.78 is 0. The Morgan fingerprint density at radius 1 is 0.676 bits per heavy atom. The first-order valence-corrected chi connectivity index (χ1v) is 13.2. The van der Waals surface area contributed by atoms with Crippen LogP contribution in [0.2, 0.25) is 0 Å². The average molecular weight is 449 g/mol. The molecule has 1 aliphatic carbocycles. The van der Waals surface area contributed by atoms with Crippen molar-refractivity contribution in [3.05, 3.63) is 101 Å². The van der Waals surface area contributed by atoms with E-state index >= 15 is 0 Å². The van der Waals surface area contributed by atoms with Crippen molar-refractivity contribution in [3.63, 3.8) is 0 Å². The van der Waals surface area contributed by atoms with Gasteiger partial charge in [0.15, 0.2) is 0 Å². The molecule has 3 aromatic carbocycles. The third-order valence-electron chi connectivity index (χ3n) is 8.44. The van der Waals surface area contributed by atoms with Gasteiger partial charge in [-0.2, -0.15) is 0 Å². The highest BCUT2D eigenvalue weighted by molar-refractivity contribution is 6.00. The summed E-state index contributed by atoms with van der Waals surface area (Å²) >= 11 is 0. The fourth-order valence-electron chi connectivity index (χ4n) is 6.58. The fraction of sp³-hybridized carbons (Fsp3) is 0.375. The van der Waals surface area contributed by atoms with Crippen LogP contribution < -0.4 is 10.2 Å². The Bertz CT molecular complexity index is 1150. The van der Waals surface area contributed by atoms with Crippen molar-refractivity contribution in [2.75, 3.05) is 31.1 Å². The standard InChI is InChI=1S/C32H36N2/c1-2-8-25(9-3-1)30-13-6-11-26-10-4-5-12-29(26)31(30)27-14-16-28(17-15-27)34-23-20-32(24-34)18-7-21-33-22-19-32/h1-5,8-10,12,14-17,33H,6-7,11,13,18-24H2. The number of aryl methyl sites for hydroxylation is 1. The van der Waals surface area contributed by atoms with Crippen molar-refractivity contribution in [1.82, 2.24) is 5.32 Å². The van der Waals surface area contributed by atoms with Crippen LogP contribution in [-0.2, 0) is 6.42 Å². The van der Waals surface area contributed by atoms with Gasteiger partial charge < -0.3 is 10.2 Å². The lowest BCUT2D eigenvalue weighted by Crippen LogP contribution is -2.28. The van der Waals surface area contributed by atoms with Crippen molar-refractivity contribution < 1.29 is 0 Å². The summed E-state index contributed by atoms with van der Waals surface area (Å²) in [7, 11) is 0. The number of anilines is 1. The van der Waals surface area contributed by atoms with Gasteiger partial charge in [0.25, 0.3) is 0 Å². The molecule has 1 atom stereocenters. The van der Waals surface area contributed by atoms with Crippen LogP contribution in [0.15, 0.2) is 78.9 Å². The van der Waals surface area contributed by atoms with E-state index in [1.54, 1.807) is 0 Å². The molecule has 2 fully saturated rings. The molecule has 34 heavy (non-hydrogen) atoms. The third-order valence-corrected chi connectivity index (χ3v) is 8.44. The van der Waals surface area contributed by atoms with Crippen LogP contribution in [0.1, 0.15) is 60.8 Å². The molecule has 2 heteroatoms. The van der Waals surface area contributed by atoms with Gasteiger partial charge in [-0.15, -0.1) is 0 Å². The molecule has 0 radical (unpaired) electrons. The highest BCUT2D eigenvalue weighted by Gasteiger charge is 2.38. The van der Waals surface area contributed by atoms with Gasteiger partial charge in [-0.3, -0.25) is 0 Å². The minimum Gasteiger partial charge on any atom is -0.371 e. The van der Waals surface area contributed by atoms with Crippen LogP contribution in [0.4, 0.5) is 5.69 Å². The molecule has 1 unspecified atom stereocenters. The van der Waals surface area contributed by atoms with Crippen molar-refractivity contribution in [2.24, 2.45) is 5.41 Å². The monoisotopic (exact) mass is 448 g/mol. The molecular formula is C32H36N2. The molecule has 1 spiro atoms. The Morgan fingerprint density at radius 3 is 2.38 bits per heavy atom. The van der Waals surface area contributed by atoms with Crippen LogP contribution in [0.3, 0.4) is 0 Å². The molecule has 2 aliphatic heterocycles. The Hall–Kier alpha value is -2.84. The SMILES string of the molecule is c1ccc(C2=C(c3ccc(N4CCC5(CCCNCC5)C4)cc3)c3ccccc3CCC2)cc1. The number of hydrogen-bond donors (Lipinski definition) is 1. The van der Waals surface area contributed by atoms with Gasteiger partial charge in [0.1, 0.15) is 0 Å². The summed E-state index contributed by atoms with van der Waals surface area (Å²) in [6.07, 6.45) is 8.84. The van der Waals surface area contributed by atoms with Gasteiger partial charge >= 0.3 is 0 Å². The maximum atomic E-state index is 3.60. The normalized spacial score (nSPS) is 23.0. The number of nitrogens with one attached hydrogen (secondary N) is 1. The lowest BCUT2D eigenvalue weighted by atomic mass is 9.80. The van der Waals surface area contributed by atoms with E-state index in [9.17, 15) is 0 Å². The number of nitrogens with zero attached hydrogens (tertiary/aromatic N) is 1. The average Bonchev–Trinajstić information content (AvgIpc) is 3.04. The highest BCUT2D eigenvalue weighted by Crippen LogP contribution is 2.43. The maximum Gasteiger partial charge on any atom is 0.0366 e. The molecule has 3 aromatic rings. The van der Waals surface area contributed by atoms with Gasteiger partial charge in [0.05, 0.1) is 0 Å². The number of hydrogen-bond acceptors (Lipinski definition) is 2. The number of benzene rings is 3. The molecule has 2 nitrogen and oxygen atoms in total. The first kappa shape index (κ1) is 21.7. The van der Waals surface area contributed by atoms with Crippen molar-refractivity contribution >= 4 is 16.8 Å². The zero-order valence-corrected chi connectivity index (χ0v) is 20.2. The zero-order valence-electron chi connectivity index (χ0n) is 20.2. The number of allylic oxidation sites excluding steroid dienone is 1. The molecule has 0 saturated carbocycles. The van der Waals surface area contributed by atoms with E-state index in [4.69, 9.17) is 0 Å². The summed E-state index contributed by atoms with van der Waals surface area (Å²) in [5, 5.41) is 3.60. The molecule has 1 N–H and O–H groups in total. The van der Waals surface area contributed by atoms with E-state index in [0.29, 0.717) is 5.41 Å². The maximum absolute atomic E-state index is 3.60. The van der Waals surface area contributed by atoms with Gasteiger partial charge in [0, 0.05) is 18.8 Å². The second-order valence-corrected chi connectivity index (χ2v) is 10.6. The molecule has 174 valence electrons. The molecule has 2 saturated heterocycles. The van der Waals surface area contributed by atoms with Crippen molar-refractivity contribution in [3.8, 4) is 0 Å². The predicted molar refractivity (Wildman–Crippen MR) is 144 cm³/mol. The van der Waals surface area contributed by atoms with Gasteiger partial charge in [-0.05, 0) is 109 Å². The Kier molecular flexibility index (Phi) is 6.01. The zero-order chi connectivity index (χ0) is 22.8. The summed E-state index contributed by atoms with van der Waals surface area (Å²) in [6, 6.07) is 29.6. The van der Waals surface area contributed by atoms with Crippen LogP contribution >= 0.6 is 0 Å². The molecule has 0 amide bonds. The van der Waals surface area contributed by atoms with Gasteiger partial charge in [-0.1, -0.05) is 66.7 Å². The van der Waals surface area contributed by atoms with Crippen molar-refractivity contribution in [1.29, 1.82) is 0 Å². The summed E-state index contributed by atoms with van der Waals surface area (Å²) in [4.78, 5) is 2.64. The predicted octanol–water partition coefficient (Wildman–Crippen LogP) is 6.95. The van der Waals surface area contributed by atoms with Crippen LogP contribution in [-0.4, -0.2) is 26.2 Å². The first-order chi connectivity index (χ1) is 16.8. The fourth-order valence-corrected chi connectivity index (χ4v) is 6.58. The van der Waals surface area contributed by atoms with E-state index < -0.39 is 0 Å². The molecule has 0 bridgehead atoms. The lowest BCUT2D eigenvalue weighted by molar-refractivity contribution is 0.289. The minimum absolute atomic E-state index is 0.519. The smallest absolute Gasteiger partial charge is 0.0366 e. The number of rotatable bonds is 3. The third kappa shape index (κ3) is 4.20.